The van der Waals surface area contributed by atoms with Crippen molar-refractivity contribution in [1.29, 1.82) is 0 Å². The summed E-state index contributed by atoms with van der Waals surface area (Å²) in [7, 11) is 0. The van der Waals surface area contributed by atoms with Crippen LogP contribution in [0.15, 0.2) is 119 Å². The summed E-state index contributed by atoms with van der Waals surface area (Å²) in [5.41, 5.74) is 3.42. The summed E-state index contributed by atoms with van der Waals surface area (Å²) >= 11 is 1.48. The molecular formula is C27H19NO2S. The summed E-state index contributed by atoms with van der Waals surface area (Å²) < 4.78 is 5.99. The van der Waals surface area contributed by atoms with E-state index in [2.05, 4.69) is 5.32 Å². The number of anilines is 1. The molecular weight excluding hydrogens is 402 g/mol. The number of hydrogen-bond acceptors (Lipinski definition) is 4. The maximum Gasteiger partial charge on any atom is 0.201 e. The summed E-state index contributed by atoms with van der Waals surface area (Å²) in [4.78, 5) is 15.0. The van der Waals surface area contributed by atoms with Gasteiger partial charge in [-0.1, -0.05) is 90.6 Å². The van der Waals surface area contributed by atoms with Crippen molar-refractivity contribution < 1.29 is 9.53 Å². The van der Waals surface area contributed by atoms with Crippen LogP contribution >= 0.6 is 11.8 Å². The van der Waals surface area contributed by atoms with Crippen LogP contribution in [-0.4, -0.2) is 5.78 Å². The molecule has 1 N–H and O–H groups in total. The van der Waals surface area contributed by atoms with E-state index in [1.807, 2.05) is 109 Å². The second-order valence-corrected chi connectivity index (χ2v) is 8.12. The number of allylic oxidation sites excluding steroid dienone is 1. The van der Waals surface area contributed by atoms with Gasteiger partial charge in [-0.25, -0.2) is 0 Å². The van der Waals surface area contributed by atoms with Crippen molar-refractivity contribution in [2.24, 2.45) is 0 Å². The minimum absolute atomic E-state index is 0.00279. The largest absolute Gasteiger partial charge is 0.457 e. The van der Waals surface area contributed by atoms with Gasteiger partial charge in [0.2, 0.25) is 5.78 Å². The number of thioether (sulfide) groups is 1. The Morgan fingerprint density at radius 2 is 1.35 bits per heavy atom. The predicted molar refractivity (Wildman–Crippen MR) is 127 cm³/mol. The Labute approximate surface area is 185 Å². The van der Waals surface area contributed by atoms with Gasteiger partial charge in [-0.05, 0) is 35.9 Å². The lowest BCUT2D eigenvalue weighted by molar-refractivity contribution is 0.104. The van der Waals surface area contributed by atoms with Crippen LogP contribution in [0, 0.1) is 0 Å². The molecule has 0 amide bonds. The summed E-state index contributed by atoms with van der Waals surface area (Å²) in [6, 6.07) is 34.9. The van der Waals surface area contributed by atoms with Crippen molar-refractivity contribution in [3.05, 3.63) is 125 Å². The Bertz CT molecular complexity index is 1250. The van der Waals surface area contributed by atoms with Gasteiger partial charge in [0.1, 0.15) is 11.5 Å². The van der Waals surface area contributed by atoms with E-state index in [9.17, 15) is 4.79 Å². The number of ketones is 1. The molecule has 3 nitrogen and oxygen atoms in total. The van der Waals surface area contributed by atoms with Gasteiger partial charge in [0.25, 0.3) is 0 Å². The number of hydrogen-bond donors (Lipinski definition) is 1. The number of ether oxygens (including phenoxy) is 1. The van der Waals surface area contributed by atoms with E-state index in [1.54, 1.807) is 0 Å². The standard InChI is InChI=1S/C27H19NO2S/c29-26(20-12-6-2-7-13-20)27-25(19-10-4-1-5-11-19)28-23-17-16-22(18-24(23)31-27)30-21-14-8-3-9-15-21/h1-18,28H. The van der Waals surface area contributed by atoms with Gasteiger partial charge in [0.05, 0.1) is 16.3 Å². The molecule has 1 heterocycles. The van der Waals surface area contributed by atoms with Gasteiger partial charge >= 0.3 is 0 Å². The zero-order valence-electron chi connectivity index (χ0n) is 16.6. The van der Waals surface area contributed by atoms with E-state index < -0.39 is 0 Å². The molecule has 0 atom stereocenters. The van der Waals surface area contributed by atoms with Crippen LogP contribution in [-0.2, 0) is 0 Å². The number of Topliss-reactive ketones (excluding diaryl/α,β-unsaturated/α-hetero) is 1. The number of fused-ring (bicyclic) bond motifs is 1. The maximum absolute atomic E-state index is 13.4. The third kappa shape index (κ3) is 4.11. The molecule has 4 aromatic carbocycles. The summed E-state index contributed by atoms with van der Waals surface area (Å²) in [6.45, 7) is 0. The van der Waals surface area contributed by atoms with Gasteiger partial charge in [-0.15, -0.1) is 0 Å². The van der Waals surface area contributed by atoms with E-state index in [0.717, 1.165) is 33.3 Å². The molecule has 4 heteroatoms. The average Bonchev–Trinajstić information content (AvgIpc) is 2.84. The van der Waals surface area contributed by atoms with Gasteiger partial charge in [-0.3, -0.25) is 4.79 Å². The Morgan fingerprint density at radius 3 is 2.06 bits per heavy atom. The van der Waals surface area contributed by atoms with Crippen molar-refractivity contribution >= 4 is 28.9 Å². The fourth-order valence-electron chi connectivity index (χ4n) is 3.42. The SMILES string of the molecule is O=C(C1=C(c2ccccc2)Nc2ccc(Oc3ccccc3)cc2S1)c1ccccc1. The number of benzene rings is 4. The smallest absolute Gasteiger partial charge is 0.201 e. The second-order valence-electron chi connectivity index (χ2n) is 7.07. The maximum atomic E-state index is 13.4. The van der Waals surface area contributed by atoms with Gasteiger partial charge in [0, 0.05) is 10.5 Å². The lowest BCUT2D eigenvalue weighted by Gasteiger charge is -2.24. The van der Waals surface area contributed by atoms with E-state index in [1.165, 1.54) is 11.8 Å². The first kappa shape index (κ1) is 19.2. The molecule has 1 aliphatic heterocycles. The molecule has 0 spiro atoms. The number of nitrogens with one attached hydrogen (secondary N) is 1. The molecule has 0 bridgehead atoms. The van der Waals surface area contributed by atoms with E-state index in [0.29, 0.717) is 10.5 Å². The third-order valence-electron chi connectivity index (χ3n) is 4.94. The first-order chi connectivity index (χ1) is 15.3. The molecule has 0 saturated heterocycles. The average molecular weight is 422 g/mol. The minimum atomic E-state index is -0.00279. The van der Waals surface area contributed by atoms with Crippen LogP contribution in [0.25, 0.3) is 5.70 Å². The quantitative estimate of drug-likeness (QED) is 0.345. The predicted octanol–water partition coefficient (Wildman–Crippen LogP) is 7.25. The Balaban J connectivity index is 1.54. The van der Waals surface area contributed by atoms with Crippen LogP contribution in [0.1, 0.15) is 15.9 Å². The summed E-state index contributed by atoms with van der Waals surface area (Å²) in [6.07, 6.45) is 0. The first-order valence-corrected chi connectivity index (χ1v) is 10.8. The number of para-hydroxylation sites is 1. The zero-order chi connectivity index (χ0) is 21.0. The van der Waals surface area contributed by atoms with Crippen molar-refractivity contribution in [1.82, 2.24) is 0 Å². The van der Waals surface area contributed by atoms with E-state index in [-0.39, 0.29) is 5.78 Å². The Kier molecular flexibility index (Phi) is 5.29. The monoisotopic (exact) mass is 421 g/mol. The van der Waals surface area contributed by atoms with Gasteiger partial charge in [-0.2, -0.15) is 0 Å². The highest BCUT2D eigenvalue weighted by atomic mass is 32.2. The lowest BCUT2D eigenvalue weighted by Crippen LogP contribution is -2.13. The molecule has 0 unspecified atom stereocenters. The van der Waals surface area contributed by atoms with E-state index in [4.69, 9.17) is 4.74 Å². The number of rotatable bonds is 5. The van der Waals surface area contributed by atoms with Crippen molar-refractivity contribution in [3.8, 4) is 11.5 Å². The van der Waals surface area contributed by atoms with Crippen LogP contribution in [0.5, 0.6) is 11.5 Å². The molecule has 0 aromatic heterocycles. The van der Waals surface area contributed by atoms with Crippen molar-refractivity contribution in [2.45, 2.75) is 4.90 Å². The number of carbonyl (C=O) groups excluding carboxylic acids is 1. The second kappa shape index (κ2) is 8.54. The highest BCUT2D eigenvalue weighted by molar-refractivity contribution is 8.04. The molecule has 31 heavy (non-hydrogen) atoms. The molecule has 0 radical (unpaired) electrons. The zero-order valence-corrected chi connectivity index (χ0v) is 17.4. The molecule has 1 aliphatic rings. The van der Waals surface area contributed by atoms with Gasteiger partial charge in [0.15, 0.2) is 0 Å². The molecule has 150 valence electrons. The van der Waals surface area contributed by atoms with Gasteiger partial charge < -0.3 is 10.1 Å². The fourth-order valence-corrected chi connectivity index (χ4v) is 4.53. The van der Waals surface area contributed by atoms with Crippen LogP contribution in [0.4, 0.5) is 5.69 Å². The van der Waals surface area contributed by atoms with Crippen molar-refractivity contribution in [3.63, 3.8) is 0 Å². The van der Waals surface area contributed by atoms with E-state index >= 15 is 0 Å². The molecule has 0 aliphatic carbocycles. The minimum Gasteiger partial charge on any atom is -0.457 e. The first-order valence-electron chi connectivity index (χ1n) is 9.99. The summed E-state index contributed by atoms with van der Waals surface area (Å²) in [5, 5.41) is 3.49. The highest BCUT2D eigenvalue weighted by Gasteiger charge is 2.26. The topological polar surface area (TPSA) is 38.3 Å². The highest BCUT2D eigenvalue weighted by Crippen LogP contribution is 2.45. The Hall–Kier alpha value is -3.76. The summed E-state index contributed by atoms with van der Waals surface area (Å²) in [5.74, 6) is 1.50. The molecule has 5 rings (SSSR count). The van der Waals surface area contributed by atoms with Crippen LogP contribution in [0.2, 0.25) is 0 Å². The molecule has 4 aromatic rings. The normalized spacial score (nSPS) is 12.6. The Morgan fingerprint density at radius 1 is 0.710 bits per heavy atom. The number of carbonyl (C=O) groups is 1. The molecule has 0 fully saturated rings. The fraction of sp³-hybridized carbons (Fsp3) is 0. The molecule has 0 saturated carbocycles. The van der Waals surface area contributed by atoms with Crippen LogP contribution in [0.3, 0.4) is 0 Å². The van der Waals surface area contributed by atoms with Crippen LogP contribution < -0.4 is 10.1 Å². The third-order valence-corrected chi connectivity index (χ3v) is 6.09. The van der Waals surface area contributed by atoms with Crippen molar-refractivity contribution in [2.75, 3.05) is 5.32 Å². The lowest BCUT2D eigenvalue weighted by atomic mass is 10.1.